The number of halogens is 1. The standard InChI is InChI=1S/C14H16ClN3O2S/c1-18(13-3-2-11(15)6-16-13)8-14(20)17-7-12(19)10-4-5-21-9-10/h2-6,9,12,19H,7-8H2,1H3,(H,17,20). The quantitative estimate of drug-likeness (QED) is 0.853. The number of hydrogen-bond acceptors (Lipinski definition) is 5. The molecule has 5 nitrogen and oxygen atoms in total. The summed E-state index contributed by atoms with van der Waals surface area (Å²) in [7, 11) is 1.77. The van der Waals surface area contributed by atoms with Gasteiger partial charge in [0.25, 0.3) is 0 Å². The first-order valence-electron chi connectivity index (χ1n) is 6.36. The molecule has 0 aliphatic carbocycles. The zero-order valence-electron chi connectivity index (χ0n) is 11.5. The summed E-state index contributed by atoms with van der Waals surface area (Å²) in [6.45, 7) is 0.350. The second kappa shape index (κ2) is 7.40. The maximum atomic E-state index is 11.9. The van der Waals surface area contributed by atoms with Crippen LogP contribution in [0.15, 0.2) is 35.2 Å². The fourth-order valence-corrected chi connectivity index (χ4v) is 2.56. The van der Waals surface area contributed by atoms with Crippen molar-refractivity contribution < 1.29 is 9.90 Å². The number of hydrogen-bond donors (Lipinski definition) is 2. The van der Waals surface area contributed by atoms with Gasteiger partial charge >= 0.3 is 0 Å². The highest BCUT2D eigenvalue weighted by Crippen LogP contribution is 2.15. The van der Waals surface area contributed by atoms with E-state index in [0.717, 1.165) is 5.56 Å². The van der Waals surface area contributed by atoms with E-state index >= 15 is 0 Å². The Balaban J connectivity index is 1.80. The van der Waals surface area contributed by atoms with Crippen molar-refractivity contribution in [2.24, 2.45) is 0 Å². The van der Waals surface area contributed by atoms with Gasteiger partial charge in [-0.15, -0.1) is 0 Å². The lowest BCUT2D eigenvalue weighted by molar-refractivity contribution is -0.120. The van der Waals surface area contributed by atoms with Gasteiger partial charge in [-0.25, -0.2) is 4.98 Å². The van der Waals surface area contributed by atoms with Crippen LogP contribution in [0.2, 0.25) is 5.02 Å². The molecule has 1 atom stereocenters. The predicted octanol–water partition coefficient (Wildman–Crippen LogP) is 2.08. The highest BCUT2D eigenvalue weighted by molar-refractivity contribution is 7.07. The van der Waals surface area contributed by atoms with Gasteiger partial charge in [0.15, 0.2) is 0 Å². The molecule has 1 amide bonds. The van der Waals surface area contributed by atoms with Crippen molar-refractivity contribution in [2.75, 3.05) is 25.0 Å². The SMILES string of the molecule is CN(CC(=O)NCC(O)c1ccsc1)c1ccc(Cl)cn1. The van der Waals surface area contributed by atoms with Gasteiger partial charge in [0.1, 0.15) is 5.82 Å². The first-order valence-corrected chi connectivity index (χ1v) is 7.68. The van der Waals surface area contributed by atoms with E-state index in [0.29, 0.717) is 10.8 Å². The number of thiophene rings is 1. The molecule has 112 valence electrons. The lowest BCUT2D eigenvalue weighted by Crippen LogP contribution is -2.37. The van der Waals surface area contributed by atoms with Crippen molar-refractivity contribution in [2.45, 2.75) is 6.10 Å². The summed E-state index contributed by atoms with van der Waals surface area (Å²) < 4.78 is 0. The van der Waals surface area contributed by atoms with Crippen LogP contribution in [-0.4, -0.2) is 36.1 Å². The lowest BCUT2D eigenvalue weighted by Gasteiger charge is -2.18. The Morgan fingerprint density at radius 1 is 1.52 bits per heavy atom. The average Bonchev–Trinajstić information content (AvgIpc) is 2.99. The summed E-state index contributed by atoms with van der Waals surface area (Å²) in [6, 6.07) is 5.31. The van der Waals surface area contributed by atoms with Crippen molar-refractivity contribution in [1.29, 1.82) is 0 Å². The third-order valence-corrected chi connectivity index (χ3v) is 3.83. The molecule has 0 aliphatic rings. The minimum atomic E-state index is -0.681. The highest BCUT2D eigenvalue weighted by atomic mass is 35.5. The minimum absolute atomic E-state index is 0.158. The smallest absolute Gasteiger partial charge is 0.239 e. The molecule has 2 N–H and O–H groups in total. The molecule has 2 aromatic heterocycles. The van der Waals surface area contributed by atoms with Gasteiger partial charge in [-0.3, -0.25) is 4.79 Å². The minimum Gasteiger partial charge on any atom is -0.387 e. The molecular formula is C14H16ClN3O2S. The Labute approximate surface area is 132 Å². The van der Waals surface area contributed by atoms with Gasteiger partial charge in [-0.05, 0) is 34.5 Å². The number of aliphatic hydroxyl groups excluding tert-OH is 1. The van der Waals surface area contributed by atoms with Gasteiger partial charge in [0.2, 0.25) is 5.91 Å². The molecule has 0 aromatic carbocycles. The monoisotopic (exact) mass is 325 g/mol. The number of anilines is 1. The molecule has 0 saturated carbocycles. The van der Waals surface area contributed by atoms with E-state index in [4.69, 9.17) is 11.6 Å². The molecule has 2 rings (SSSR count). The third kappa shape index (κ3) is 4.70. The summed E-state index contributed by atoms with van der Waals surface area (Å²) in [4.78, 5) is 17.7. The number of rotatable bonds is 6. The van der Waals surface area contributed by atoms with Crippen molar-refractivity contribution in [3.8, 4) is 0 Å². The number of aliphatic hydroxyl groups is 1. The maximum Gasteiger partial charge on any atom is 0.239 e. The van der Waals surface area contributed by atoms with E-state index < -0.39 is 6.10 Å². The van der Waals surface area contributed by atoms with Gasteiger partial charge in [0.05, 0.1) is 17.7 Å². The van der Waals surface area contributed by atoms with Gasteiger partial charge < -0.3 is 15.3 Å². The van der Waals surface area contributed by atoms with Crippen LogP contribution in [0.4, 0.5) is 5.82 Å². The number of carbonyl (C=O) groups excluding carboxylic acids is 1. The summed E-state index contributed by atoms with van der Waals surface area (Å²) in [5, 5.41) is 16.9. The van der Waals surface area contributed by atoms with Crippen LogP contribution in [0.1, 0.15) is 11.7 Å². The molecule has 2 aromatic rings. The van der Waals surface area contributed by atoms with Crippen LogP contribution in [-0.2, 0) is 4.79 Å². The van der Waals surface area contributed by atoms with Crippen LogP contribution >= 0.6 is 22.9 Å². The van der Waals surface area contributed by atoms with Crippen molar-refractivity contribution in [3.05, 3.63) is 45.7 Å². The molecule has 0 radical (unpaired) electrons. The zero-order chi connectivity index (χ0) is 15.2. The molecule has 0 aliphatic heterocycles. The number of pyridine rings is 1. The summed E-state index contributed by atoms with van der Waals surface area (Å²) in [6.07, 6.45) is 0.852. The molecule has 0 spiro atoms. The average molecular weight is 326 g/mol. The van der Waals surface area contributed by atoms with Crippen molar-refractivity contribution >= 4 is 34.7 Å². The molecule has 0 bridgehead atoms. The van der Waals surface area contributed by atoms with Crippen LogP contribution in [0.25, 0.3) is 0 Å². The summed E-state index contributed by atoms with van der Waals surface area (Å²) in [5.41, 5.74) is 0.813. The van der Waals surface area contributed by atoms with Crippen LogP contribution in [0.5, 0.6) is 0 Å². The van der Waals surface area contributed by atoms with Crippen LogP contribution in [0, 0.1) is 0 Å². The number of nitrogens with zero attached hydrogens (tertiary/aromatic N) is 2. The normalized spacial score (nSPS) is 12.0. The molecule has 1 unspecified atom stereocenters. The number of carbonyl (C=O) groups is 1. The Bertz CT molecular complexity index is 574. The molecule has 2 heterocycles. The molecule has 7 heteroatoms. The van der Waals surface area contributed by atoms with E-state index in [1.54, 1.807) is 24.1 Å². The van der Waals surface area contributed by atoms with Gasteiger partial charge in [-0.1, -0.05) is 11.6 Å². The Morgan fingerprint density at radius 3 is 2.95 bits per heavy atom. The summed E-state index contributed by atoms with van der Waals surface area (Å²) in [5.74, 6) is 0.483. The Morgan fingerprint density at radius 2 is 2.33 bits per heavy atom. The lowest BCUT2D eigenvalue weighted by atomic mass is 10.2. The number of nitrogens with one attached hydrogen (secondary N) is 1. The first kappa shape index (κ1) is 15.8. The van der Waals surface area contributed by atoms with E-state index in [1.807, 2.05) is 16.8 Å². The molecule has 0 fully saturated rings. The second-order valence-electron chi connectivity index (χ2n) is 4.57. The topological polar surface area (TPSA) is 65.5 Å². The Kier molecular flexibility index (Phi) is 5.55. The van der Waals surface area contributed by atoms with E-state index in [-0.39, 0.29) is 19.0 Å². The molecular weight excluding hydrogens is 310 g/mol. The fraction of sp³-hybridized carbons (Fsp3) is 0.286. The van der Waals surface area contributed by atoms with Gasteiger partial charge in [-0.2, -0.15) is 11.3 Å². The van der Waals surface area contributed by atoms with E-state index in [1.165, 1.54) is 17.5 Å². The number of likely N-dealkylation sites (N-methyl/N-ethyl adjacent to an activating group) is 1. The van der Waals surface area contributed by atoms with E-state index in [9.17, 15) is 9.90 Å². The van der Waals surface area contributed by atoms with Crippen molar-refractivity contribution in [1.82, 2.24) is 10.3 Å². The maximum absolute atomic E-state index is 11.9. The van der Waals surface area contributed by atoms with Gasteiger partial charge in [0, 0.05) is 19.8 Å². The summed E-state index contributed by atoms with van der Waals surface area (Å²) >= 11 is 7.28. The molecule has 21 heavy (non-hydrogen) atoms. The number of amides is 1. The largest absolute Gasteiger partial charge is 0.387 e. The fourth-order valence-electron chi connectivity index (χ4n) is 1.74. The number of aromatic nitrogens is 1. The third-order valence-electron chi connectivity index (χ3n) is 2.90. The highest BCUT2D eigenvalue weighted by Gasteiger charge is 2.12. The van der Waals surface area contributed by atoms with E-state index in [2.05, 4.69) is 10.3 Å². The first-order chi connectivity index (χ1) is 10.1. The predicted molar refractivity (Wildman–Crippen MR) is 84.8 cm³/mol. The van der Waals surface area contributed by atoms with Crippen molar-refractivity contribution in [3.63, 3.8) is 0 Å². The zero-order valence-corrected chi connectivity index (χ0v) is 13.1. The van der Waals surface area contributed by atoms with Crippen LogP contribution < -0.4 is 10.2 Å². The molecule has 0 saturated heterocycles. The second-order valence-corrected chi connectivity index (χ2v) is 5.78. The Hall–Kier alpha value is -1.63. The van der Waals surface area contributed by atoms with Crippen LogP contribution in [0.3, 0.4) is 0 Å².